The lowest BCUT2D eigenvalue weighted by Crippen LogP contribution is -2.45. The maximum absolute atomic E-state index is 13.7. The summed E-state index contributed by atoms with van der Waals surface area (Å²) in [5, 5.41) is 0. The molecule has 2 bridgehead atoms. The van der Waals surface area contributed by atoms with Gasteiger partial charge in [0, 0.05) is 32.3 Å². The smallest absolute Gasteiger partial charge is 0.257 e. The number of hydrogen-bond donors (Lipinski definition) is 0. The molecule has 3 aliphatic rings. The van der Waals surface area contributed by atoms with E-state index in [9.17, 15) is 14.0 Å². The normalized spacial score (nSPS) is 19.1. The van der Waals surface area contributed by atoms with Crippen molar-refractivity contribution in [1.82, 2.24) is 9.80 Å². The van der Waals surface area contributed by atoms with Crippen LogP contribution in [-0.2, 0) is 4.74 Å². The number of hydrogen-bond acceptors (Lipinski definition) is 4. The predicted octanol–water partition coefficient (Wildman–Crippen LogP) is 4.40. The van der Waals surface area contributed by atoms with E-state index < -0.39 is 5.82 Å². The van der Waals surface area contributed by atoms with E-state index in [2.05, 4.69) is 0 Å². The molecule has 2 amide bonds. The molecule has 3 heterocycles. The first-order chi connectivity index (χ1) is 16.5. The molecule has 0 N–H and O–H groups in total. The SMILES string of the molecule is COCC12CCCCN(C(=O)c3cccc(F)c3)CCOc3ccccc3C(=O)N(CC1)CC2. The second-order valence-electron chi connectivity index (χ2n) is 9.33. The summed E-state index contributed by atoms with van der Waals surface area (Å²) in [5.74, 6) is -0.144. The lowest BCUT2D eigenvalue weighted by Gasteiger charge is -2.41. The molecule has 0 unspecified atom stereocenters. The molecular weight excluding hydrogens is 435 g/mol. The first kappa shape index (κ1) is 24.2. The molecule has 0 aromatic heterocycles. The molecule has 5 rings (SSSR count). The van der Waals surface area contributed by atoms with E-state index in [1.54, 1.807) is 36.3 Å². The summed E-state index contributed by atoms with van der Waals surface area (Å²) in [6, 6.07) is 13.1. The van der Waals surface area contributed by atoms with Crippen LogP contribution in [0.1, 0.15) is 52.8 Å². The highest BCUT2D eigenvalue weighted by molar-refractivity contribution is 5.97. The Morgan fingerprint density at radius 1 is 1.03 bits per heavy atom. The van der Waals surface area contributed by atoms with Gasteiger partial charge in [0.1, 0.15) is 18.2 Å². The van der Waals surface area contributed by atoms with Crippen molar-refractivity contribution in [2.75, 3.05) is 46.5 Å². The van der Waals surface area contributed by atoms with Crippen molar-refractivity contribution in [3.8, 4) is 5.75 Å². The Morgan fingerprint density at radius 3 is 2.59 bits per heavy atom. The number of piperidine rings is 1. The minimum atomic E-state index is -0.430. The predicted molar refractivity (Wildman–Crippen MR) is 128 cm³/mol. The molecule has 1 saturated heterocycles. The highest BCUT2D eigenvalue weighted by atomic mass is 19.1. The third kappa shape index (κ3) is 5.58. The van der Waals surface area contributed by atoms with Gasteiger partial charge in [0.2, 0.25) is 0 Å². The fourth-order valence-corrected chi connectivity index (χ4v) is 5.08. The summed E-state index contributed by atoms with van der Waals surface area (Å²) >= 11 is 0. The molecular formula is C27H33FN2O4. The van der Waals surface area contributed by atoms with Crippen LogP contribution >= 0.6 is 0 Å². The Balaban J connectivity index is 1.58. The van der Waals surface area contributed by atoms with Crippen LogP contribution in [0, 0.1) is 11.2 Å². The molecule has 0 aliphatic carbocycles. The Hall–Kier alpha value is -2.93. The summed E-state index contributed by atoms with van der Waals surface area (Å²) < 4.78 is 25.3. The van der Waals surface area contributed by atoms with E-state index in [0.29, 0.717) is 49.7 Å². The van der Waals surface area contributed by atoms with Gasteiger partial charge in [-0.2, -0.15) is 0 Å². The topological polar surface area (TPSA) is 59.1 Å². The number of fused-ring (bicyclic) bond motifs is 9. The average molecular weight is 469 g/mol. The Bertz CT molecular complexity index is 1000. The van der Waals surface area contributed by atoms with Gasteiger partial charge in [0.15, 0.2) is 0 Å². The zero-order chi connectivity index (χ0) is 24.0. The molecule has 0 atom stereocenters. The number of ether oxygens (including phenoxy) is 2. The molecule has 7 heteroatoms. The van der Waals surface area contributed by atoms with Gasteiger partial charge in [0.05, 0.1) is 18.7 Å². The number of benzene rings is 2. The minimum Gasteiger partial charge on any atom is -0.491 e. The van der Waals surface area contributed by atoms with Gasteiger partial charge in [-0.15, -0.1) is 0 Å². The number of carbonyl (C=O) groups excluding carboxylic acids is 2. The van der Waals surface area contributed by atoms with E-state index in [0.717, 1.165) is 32.1 Å². The maximum atomic E-state index is 13.7. The number of methoxy groups -OCH3 is 1. The minimum absolute atomic E-state index is 0.0239. The van der Waals surface area contributed by atoms with Crippen LogP contribution in [0.5, 0.6) is 5.75 Å². The number of rotatable bonds is 3. The van der Waals surface area contributed by atoms with E-state index in [-0.39, 0.29) is 23.8 Å². The number of nitrogens with zero attached hydrogens (tertiary/aromatic N) is 2. The van der Waals surface area contributed by atoms with E-state index in [1.165, 1.54) is 12.1 Å². The fraction of sp³-hybridized carbons (Fsp3) is 0.481. The van der Waals surface area contributed by atoms with Gasteiger partial charge >= 0.3 is 0 Å². The van der Waals surface area contributed by atoms with E-state index in [1.807, 2.05) is 17.0 Å². The van der Waals surface area contributed by atoms with Crippen LogP contribution in [0.4, 0.5) is 4.39 Å². The summed E-state index contributed by atoms with van der Waals surface area (Å²) in [4.78, 5) is 30.1. The molecule has 0 radical (unpaired) electrons. The first-order valence-corrected chi connectivity index (χ1v) is 12.1. The van der Waals surface area contributed by atoms with Gasteiger partial charge in [-0.25, -0.2) is 4.39 Å². The summed E-state index contributed by atoms with van der Waals surface area (Å²) in [6.07, 6.45) is 4.55. The monoisotopic (exact) mass is 468 g/mol. The van der Waals surface area contributed by atoms with Crippen molar-refractivity contribution < 1.29 is 23.5 Å². The number of halogens is 1. The largest absolute Gasteiger partial charge is 0.491 e. The van der Waals surface area contributed by atoms with Crippen LogP contribution < -0.4 is 4.74 Å². The quantitative estimate of drug-likeness (QED) is 0.670. The standard InChI is InChI=1S/C27H33FN2O4/c1-33-20-27-11-4-5-14-29(25(31)21-7-6-8-22(28)19-21)17-18-34-24-10-3-2-9-23(24)26(32)30(15-12-27)16-13-27/h2-3,6-10,19H,4-5,11-18,20H2,1H3. The van der Waals surface area contributed by atoms with Gasteiger partial charge in [-0.3, -0.25) is 9.59 Å². The third-order valence-corrected chi connectivity index (χ3v) is 7.04. The van der Waals surface area contributed by atoms with Crippen molar-refractivity contribution in [2.45, 2.75) is 32.1 Å². The van der Waals surface area contributed by atoms with Crippen LogP contribution in [0.25, 0.3) is 0 Å². The molecule has 3 aliphatic heterocycles. The van der Waals surface area contributed by atoms with Crippen LogP contribution in [0.3, 0.4) is 0 Å². The van der Waals surface area contributed by atoms with Gasteiger partial charge in [-0.05, 0) is 61.4 Å². The zero-order valence-corrected chi connectivity index (χ0v) is 19.8. The van der Waals surface area contributed by atoms with Gasteiger partial charge in [0.25, 0.3) is 11.8 Å². The lowest BCUT2D eigenvalue weighted by atomic mass is 9.75. The van der Waals surface area contributed by atoms with E-state index in [4.69, 9.17) is 9.47 Å². The van der Waals surface area contributed by atoms with Crippen LogP contribution in [0.15, 0.2) is 48.5 Å². The molecule has 182 valence electrons. The summed E-state index contributed by atoms with van der Waals surface area (Å²) in [5.41, 5.74) is 0.912. The molecule has 0 saturated carbocycles. The van der Waals surface area contributed by atoms with Gasteiger partial charge in [-0.1, -0.05) is 24.6 Å². The Labute approximate surface area is 200 Å². The highest BCUT2D eigenvalue weighted by Gasteiger charge is 2.36. The molecule has 0 spiro atoms. The number of para-hydroxylation sites is 1. The van der Waals surface area contributed by atoms with Crippen LogP contribution in [-0.4, -0.2) is 68.1 Å². The molecule has 2 aromatic rings. The van der Waals surface area contributed by atoms with Crippen molar-refractivity contribution >= 4 is 11.8 Å². The third-order valence-electron chi connectivity index (χ3n) is 7.04. The summed E-state index contributed by atoms with van der Waals surface area (Å²) in [6.45, 7) is 3.22. The van der Waals surface area contributed by atoms with Crippen molar-refractivity contribution in [3.05, 3.63) is 65.5 Å². The number of amides is 2. The average Bonchev–Trinajstić information content (AvgIpc) is 2.86. The van der Waals surface area contributed by atoms with Crippen LogP contribution in [0.2, 0.25) is 0 Å². The Morgan fingerprint density at radius 2 is 1.82 bits per heavy atom. The van der Waals surface area contributed by atoms with Gasteiger partial charge < -0.3 is 19.3 Å². The molecule has 34 heavy (non-hydrogen) atoms. The first-order valence-electron chi connectivity index (χ1n) is 12.1. The van der Waals surface area contributed by atoms with E-state index >= 15 is 0 Å². The number of carbonyl (C=O) groups is 2. The summed E-state index contributed by atoms with van der Waals surface area (Å²) in [7, 11) is 1.73. The van der Waals surface area contributed by atoms with Crippen molar-refractivity contribution in [2.24, 2.45) is 5.41 Å². The fourth-order valence-electron chi connectivity index (χ4n) is 5.08. The van der Waals surface area contributed by atoms with Crippen molar-refractivity contribution in [1.29, 1.82) is 0 Å². The molecule has 1 fully saturated rings. The zero-order valence-electron chi connectivity index (χ0n) is 19.8. The molecule has 6 nitrogen and oxygen atoms in total. The second kappa shape index (κ2) is 11.0. The lowest BCUT2D eigenvalue weighted by molar-refractivity contribution is 0.0136. The Kier molecular flexibility index (Phi) is 7.83. The maximum Gasteiger partial charge on any atom is 0.257 e. The second-order valence-corrected chi connectivity index (χ2v) is 9.33. The molecule has 2 aromatic carbocycles. The van der Waals surface area contributed by atoms with Crippen molar-refractivity contribution in [3.63, 3.8) is 0 Å². The highest BCUT2D eigenvalue weighted by Crippen LogP contribution is 2.38.